The quantitative estimate of drug-likeness (QED) is 0.855. The first-order valence-electron chi connectivity index (χ1n) is 7.63. The average molecular weight is 310 g/mol. The molecule has 0 unspecified atom stereocenters. The van der Waals surface area contributed by atoms with Gasteiger partial charge in [0.25, 0.3) is 0 Å². The smallest absolute Gasteiger partial charge is 0.410 e. The van der Waals surface area contributed by atoms with Gasteiger partial charge in [0.15, 0.2) is 5.82 Å². The molecule has 1 aromatic heterocycles. The van der Waals surface area contributed by atoms with E-state index in [2.05, 4.69) is 17.0 Å². The van der Waals surface area contributed by atoms with E-state index in [1.807, 2.05) is 27.8 Å². The van der Waals surface area contributed by atoms with E-state index in [1.165, 1.54) is 6.33 Å². The molecule has 0 spiro atoms. The van der Waals surface area contributed by atoms with E-state index in [-0.39, 0.29) is 11.7 Å². The fraction of sp³-hybridized carbons (Fsp3) is 0.800. The molecule has 1 saturated heterocycles. The molecular weight excluding hydrogens is 284 g/mol. The van der Waals surface area contributed by atoms with E-state index in [0.717, 1.165) is 18.7 Å². The van der Waals surface area contributed by atoms with Gasteiger partial charge in [-0.3, -0.25) is 4.68 Å². The lowest BCUT2D eigenvalue weighted by Crippen LogP contribution is -2.47. The van der Waals surface area contributed by atoms with Gasteiger partial charge in [0.2, 0.25) is 0 Å². The molecule has 0 N–H and O–H groups in total. The van der Waals surface area contributed by atoms with Gasteiger partial charge in [-0.15, -0.1) is 0 Å². The van der Waals surface area contributed by atoms with Crippen molar-refractivity contribution in [3.05, 3.63) is 12.2 Å². The molecule has 7 nitrogen and oxygen atoms in total. The highest BCUT2D eigenvalue weighted by Crippen LogP contribution is 2.27. The second kappa shape index (κ2) is 6.24. The number of ether oxygens (including phenoxy) is 2. The topological polar surface area (TPSA) is 69.5 Å². The molecule has 1 aromatic rings. The monoisotopic (exact) mass is 310 g/mol. The minimum Gasteiger partial charge on any atom is -0.444 e. The van der Waals surface area contributed by atoms with Gasteiger partial charge in [-0.2, -0.15) is 5.10 Å². The van der Waals surface area contributed by atoms with Crippen molar-refractivity contribution >= 4 is 6.09 Å². The van der Waals surface area contributed by atoms with Crippen molar-refractivity contribution in [1.82, 2.24) is 19.7 Å². The van der Waals surface area contributed by atoms with Crippen LogP contribution in [0.3, 0.4) is 0 Å². The highest BCUT2D eigenvalue weighted by molar-refractivity contribution is 5.68. The van der Waals surface area contributed by atoms with E-state index in [0.29, 0.717) is 19.7 Å². The first kappa shape index (κ1) is 16.7. The van der Waals surface area contributed by atoms with E-state index >= 15 is 0 Å². The Hall–Kier alpha value is -1.63. The maximum Gasteiger partial charge on any atom is 0.410 e. The Kier molecular flexibility index (Phi) is 4.75. The predicted molar refractivity (Wildman–Crippen MR) is 81.2 cm³/mol. The molecule has 0 radical (unpaired) electrons. The number of hydrogen-bond acceptors (Lipinski definition) is 5. The molecule has 0 aliphatic carbocycles. The van der Waals surface area contributed by atoms with E-state index < -0.39 is 5.60 Å². The van der Waals surface area contributed by atoms with Gasteiger partial charge in [-0.1, -0.05) is 0 Å². The number of amides is 1. The molecule has 1 aliphatic rings. The summed E-state index contributed by atoms with van der Waals surface area (Å²) in [7, 11) is 1.85. The lowest BCUT2D eigenvalue weighted by molar-refractivity contribution is -0.0838. The number of nitrogens with zero attached hydrogens (tertiary/aromatic N) is 4. The number of rotatable bonds is 3. The summed E-state index contributed by atoms with van der Waals surface area (Å²) < 4.78 is 13.1. The molecule has 0 bridgehead atoms. The normalized spacial score (nSPS) is 18.3. The standard InChI is InChI=1S/C15H26N4O3/c1-14(2,3)22-13(20)19-8-6-15(4,7-9-19)21-10-12-16-11-17-18(12)5/h11H,6-10H2,1-5H3. The molecule has 124 valence electrons. The summed E-state index contributed by atoms with van der Waals surface area (Å²) in [6, 6.07) is 0. The van der Waals surface area contributed by atoms with Crippen LogP contribution in [0.15, 0.2) is 6.33 Å². The first-order valence-corrected chi connectivity index (χ1v) is 7.63. The molecular formula is C15H26N4O3. The summed E-state index contributed by atoms with van der Waals surface area (Å²) in [4.78, 5) is 18.0. The van der Waals surface area contributed by atoms with E-state index in [9.17, 15) is 4.79 Å². The Morgan fingerprint density at radius 2 is 2.00 bits per heavy atom. The number of aryl methyl sites for hydroxylation is 1. The van der Waals surface area contributed by atoms with Crippen molar-refractivity contribution in [1.29, 1.82) is 0 Å². The summed E-state index contributed by atoms with van der Waals surface area (Å²) in [5.74, 6) is 0.802. The Balaban J connectivity index is 1.83. The first-order chi connectivity index (χ1) is 10.2. The summed E-state index contributed by atoms with van der Waals surface area (Å²) >= 11 is 0. The molecule has 2 rings (SSSR count). The van der Waals surface area contributed by atoms with Crippen LogP contribution in [-0.2, 0) is 23.1 Å². The predicted octanol–water partition coefficient (Wildman–Crippen LogP) is 2.12. The zero-order valence-electron chi connectivity index (χ0n) is 14.1. The molecule has 7 heteroatoms. The van der Waals surface area contributed by atoms with Crippen LogP contribution in [0.1, 0.15) is 46.4 Å². The zero-order chi connectivity index (χ0) is 16.4. The maximum atomic E-state index is 12.1. The second-order valence-corrected chi connectivity index (χ2v) is 7.01. The molecule has 22 heavy (non-hydrogen) atoms. The third-order valence-electron chi connectivity index (χ3n) is 3.83. The summed E-state index contributed by atoms with van der Waals surface area (Å²) in [6.45, 7) is 9.43. The Bertz CT molecular complexity index is 513. The minimum absolute atomic E-state index is 0.246. The number of hydrogen-bond donors (Lipinski definition) is 0. The fourth-order valence-electron chi connectivity index (χ4n) is 2.32. The average Bonchev–Trinajstić information content (AvgIpc) is 2.81. The molecule has 0 aromatic carbocycles. The van der Waals surface area contributed by atoms with Gasteiger partial charge < -0.3 is 14.4 Å². The van der Waals surface area contributed by atoms with Crippen LogP contribution in [0.2, 0.25) is 0 Å². The van der Waals surface area contributed by atoms with Crippen LogP contribution in [-0.4, -0.2) is 50.0 Å². The minimum atomic E-state index is -0.459. The fourth-order valence-corrected chi connectivity index (χ4v) is 2.32. The lowest BCUT2D eigenvalue weighted by Gasteiger charge is -2.39. The maximum absolute atomic E-state index is 12.1. The molecule has 1 fully saturated rings. The van der Waals surface area contributed by atoms with Gasteiger partial charge in [-0.05, 0) is 40.5 Å². The number of aromatic nitrogens is 3. The Morgan fingerprint density at radius 3 is 2.50 bits per heavy atom. The van der Waals surface area contributed by atoms with Gasteiger partial charge in [0.1, 0.15) is 18.5 Å². The molecule has 1 aliphatic heterocycles. The SMILES string of the molecule is Cn1ncnc1COC1(C)CCN(C(=O)OC(C)(C)C)CC1. The van der Waals surface area contributed by atoms with Crippen molar-refractivity contribution in [2.75, 3.05) is 13.1 Å². The zero-order valence-corrected chi connectivity index (χ0v) is 14.1. The van der Waals surface area contributed by atoms with Gasteiger partial charge >= 0.3 is 6.09 Å². The van der Waals surface area contributed by atoms with Gasteiger partial charge in [-0.25, -0.2) is 9.78 Å². The molecule has 1 amide bonds. The van der Waals surface area contributed by atoms with Crippen molar-refractivity contribution in [3.8, 4) is 0 Å². The number of likely N-dealkylation sites (tertiary alicyclic amines) is 1. The van der Waals surface area contributed by atoms with Crippen LogP contribution >= 0.6 is 0 Å². The van der Waals surface area contributed by atoms with Crippen LogP contribution < -0.4 is 0 Å². The van der Waals surface area contributed by atoms with Crippen LogP contribution in [0.25, 0.3) is 0 Å². The van der Waals surface area contributed by atoms with E-state index in [4.69, 9.17) is 9.47 Å². The highest BCUT2D eigenvalue weighted by atomic mass is 16.6. The van der Waals surface area contributed by atoms with Crippen molar-refractivity contribution in [3.63, 3.8) is 0 Å². The third kappa shape index (κ3) is 4.43. The second-order valence-electron chi connectivity index (χ2n) is 7.01. The number of piperidine rings is 1. The van der Waals surface area contributed by atoms with E-state index in [1.54, 1.807) is 9.58 Å². The van der Waals surface area contributed by atoms with Crippen LogP contribution in [0.5, 0.6) is 0 Å². The summed E-state index contributed by atoms with van der Waals surface area (Å²) in [6.07, 6.45) is 2.84. The Labute approximate surface area is 131 Å². The van der Waals surface area contributed by atoms with Crippen LogP contribution in [0, 0.1) is 0 Å². The van der Waals surface area contributed by atoms with Gasteiger partial charge in [0, 0.05) is 20.1 Å². The third-order valence-corrected chi connectivity index (χ3v) is 3.83. The molecule has 0 saturated carbocycles. The Morgan fingerprint density at radius 1 is 1.36 bits per heavy atom. The van der Waals surface area contributed by atoms with Gasteiger partial charge in [0.05, 0.1) is 5.60 Å². The van der Waals surface area contributed by atoms with Crippen molar-refractivity contribution in [2.45, 2.75) is 58.3 Å². The number of carbonyl (C=O) groups is 1. The highest BCUT2D eigenvalue weighted by Gasteiger charge is 2.34. The van der Waals surface area contributed by atoms with Crippen molar-refractivity contribution in [2.24, 2.45) is 7.05 Å². The van der Waals surface area contributed by atoms with Crippen molar-refractivity contribution < 1.29 is 14.3 Å². The summed E-state index contributed by atoms with van der Waals surface area (Å²) in [5, 5.41) is 4.03. The molecule has 2 heterocycles. The summed E-state index contributed by atoms with van der Waals surface area (Å²) in [5.41, 5.74) is -0.704. The van der Waals surface area contributed by atoms with Crippen LogP contribution in [0.4, 0.5) is 4.79 Å². The largest absolute Gasteiger partial charge is 0.444 e. The molecule has 0 atom stereocenters. The number of carbonyl (C=O) groups excluding carboxylic acids is 1. The lowest BCUT2D eigenvalue weighted by atomic mass is 9.93.